The van der Waals surface area contributed by atoms with E-state index < -0.39 is 5.41 Å². The van der Waals surface area contributed by atoms with Crippen LogP contribution in [-0.2, 0) is 17.3 Å². The maximum atomic E-state index is 2.67. The molecule has 0 N–H and O–H groups in total. The molecule has 8 heteroatoms. The Morgan fingerprint density at radius 3 is 0.927 bits per heavy atom. The number of rotatable bonds is 17. The zero-order chi connectivity index (χ0) is 83.2. The van der Waals surface area contributed by atoms with E-state index in [1.807, 2.05) is 0 Å². The van der Waals surface area contributed by atoms with E-state index in [1.54, 1.807) is 0 Å². The van der Waals surface area contributed by atoms with Crippen molar-refractivity contribution in [3.8, 4) is 44.5 Å². The molecule has 18 aromatic carbocycles. The molecular weight excluding hydrogens is 1500 g/mol. The van der Waals surface area contributed by atoms with Crippen molar-refractivity contribution in [2.75, 3.05) is 29.4 Å². The Kier molecular flexibility index (Phi) is 18.7. The molecule has 0 amide bonds. The molecule has 124 heavy (non-hydrogen) atoms. The largest absolute Gasteiger partial charge is 0.311 e. The van der Waals surface area contributed by atoms with E-state index in [4.69, 9.17) is 0 Å². The van der Waals surface area contributed by atoms with Crippen molar-refractivity contribution in [3.63, 3.8) is 0 Å². The second-order valence-corrected chi connectivity index (χ2v) is 34.9. The maximum Gasteiger partial charge on any atom is 0.252 e. The zero-order valence-corrected chi connectivity index (χ0v) is 70.2. The van der Waals surface area contributed by atoms with Gasteiger partial charge in [-0.1, -0.05) is 356 Å². The van der Waals surface area contributed by atoms with Gasteiger partial charge in [0.1, 0.15) is 0 Å². The van der Waals surface area contributed by atoms with Gasteiger partial charge < -0.3 is 29.4 Å². The maximum absolute atomic E-state index is 2.67. The molecule has 4 aliphatic rings. The SMILES string of the molecule is CC(C)(C)c1ccc2c(c1)B1c3cc(C(C)(C)Cc4cccc(N(c5ccccc5)c5cc6c7c(c5)N(c5c(-c8ccccc8)cccc5-c5ccccc5)c5ccccc5B7c5ccccc5N6c5ccccc5)c4)ccc3N(c3c(-c4ccccc4)cccc3-c3ccccc3)c3cc(N(c4ccccc4)c4ccccc4)cc(c31)N2c1ccccc1. The first-order valence-electron chi connectivity index (χ1n) is 43.4. The molecule has 0 spiro atoms. The van der Waals surface area contributed by atoms with Crippen LogP contribution in [0.2, 0.25) is 0 Å². The normalized spacial score (nSPS) is 12.8. The quantitative estimate of drug-likeness (QED) is 0.0841. The molecule has 0 unspecified atom stereocenters. The topological polar surface area (TPSA) is 19.4 Å². The van der Waals surface area contributed by atoms with Crippen LogP contribution in [-0.4, -0.2) is 13.4 Å². The Hall–Kier alpha value is -15.1. The van der Waals surface area contributed by atoms with Crippen molar-refractivity contribution in [1.29, 1.82) is 0 Å². The lowest BCUT2D eigenvalue weighted by molar-refractivity contribution is 0.523. The molecule has 18 aromatic rings. The fourth-order valence-electron chi connectivity index (χ4n) is 20.2. The molecule has 0 radical (unpaired) electrons. The minimum atomic E-state index is -0.433. The van der Waals surface area contributed by atoms with E-state index in [9.17, 15) is 0 Å². The molecule has 0 saturated carbocycles. The van der Waals surface area contributed by atoms with Gasteiger partial charge >= 0.3 is 0 Å². The molecule has 0 fully saturated rings. The molecule has 6 nitrogen and oxygen atoms in total. The molecule has 0 aliphatic carbocycles. The van der Waals surface area contributed by atoms with Crippen molar-refractivity contribution < 1.29 is 0 Å². The summed E-state index contributed by atoms with van der Waals surface area (Å²) in [6.07, 6.45) is 0.733. The molecule has 4 aliphatic heterocycles. The van der Waals surface area contributed by atoms with Gasteiger partial charge in [0.2, 0.25) is 0 Å². The second kappa shape index (κ2) is 30.9. The van der Waals surface area contributed by atoms with Crippen molar-refractivity contribution in [3.05, 3.63) is 460 Å². The minimum Gasteiger partial charge on any atom is -0.311 e. The van der Waals surface area contributed by atoms with Crippen LogP contribution in [0, 0.1) is 0 Å². The number of para-hydroxylation sites is 9. The highest BCUT2D eigenvalue weighted by atomic mass is 15.2. The van der Waals surface area contributed by atoms with E-state index in [2.05, 4.69) is 507 Å². The highest BCUT2D eigenvalue weighted by Crippen LogP contribution is 2.56. The fraction of sp³-hybridized carbons (Fsp3) is 0.0690. The fourth-order valence-corrected chi connectivity index (χ4v) is 20.2. The standard InChI is InChI=1S/C116H90B2N6/c1-115(2,3)85-68-70-105-101(73-85)118-102-74-86(69-71-106(102)124(114-97(83-45-19-8-20-46-83)62-39-63-98(114)84-47-21-9-22-48-84)110-77-93(75-108(112(110)118)122(105)91-57-31-14-32-58-91)119(87-49-23-10-24-50-87)88-51-25-11-26-52-88)116(4,5)79-80-40-37-59-92(72-80)120(89-53-27-12-28-54-89)94-76-107-111-109(78-94)123(113-95(81-41-15-6-16-42-81)60-38-61-96(113)82-43-17-7-18-44-82)104-67-36-34-65-100(104)117(111)99-64-33-35-66-103(99)121(107)90-55-29-13-30-56-90/h6-78H,79H2,1-5H3. The Morgan fingerprint density at radius 2 is 0.524 bits per heavy atom. The predicted octanol–water partition coefficient (Wildman–Crippen LogP) is 27.3. The van der Waals surface area contributed by atoms with Gasteiger partial charge in [0.15, 0.2) is 0 Å². The molecule has 4 heterocycles. The summed E-state index contributed by atoms with van der Waals surface area (Å²) in [7, 11) is 0. The minimum absolute atomic E-state index is 0.0933. The summed E-state index contributed by atoms with van der Waals surface area (Å²) < 4.78 is 0. The zero-order valence-electron chi connectivity index (χ0n) is 70.2. The number of benzene rings is 18. The second-order valence-electron chi connectivity index (χ2n) is 34.9. The lowest BCUT2D eigenvalue weighted by atomic mass is 9.33. The van der Waals surface area contributed by atoms with Crippen LogP contribution < -0.4 is 62.2 Å². The van der Waals surface area contributed by atoms with Gasteiger partial charge in [-0.25, -0.2) is 0 Å². The van der Waals surface area contributed by atoms with E-state index in [0.29, 0.717) is 0 Å². The van der Waals surface area contributed by atoms with Crippen LogP contribution in [0.5, 0.6) is 0 Å². The van der Waals surface area contributed by atoms with Gasteiger partial charge in [-0.05, 0) is 210 Å². The van der Waals surface area contributed by atoms with Crippen molar-refractivity contribution in [1.82, 2.24) is 0 Å². The van der Waals surface area contributed by atoms with Gasteiger partial charge in [-0.15, -0.1) is 0 Å². The van der Waals surface area contributed by atoms with Gasteiger partial charge in [0.25, 0.3) is 13.4 Å². The number of anilines is 18. The summed E-state index contributed by atoms with van der Waals surface area (Å²) in [5.41, 5.74) is 39.7. The lowest BCUT2D eigenvalue weighted by Crippen LogP contribution is -2.61. The molecule has 0 atom stereocenters. The molecular formula is C116H90B2N6. The summed E-state index contributed by atoms with van der Waals surface area (Å²) in [4.78, 5) is 15.3. The van der Waals surface area contributed by atoms with E-state index in [-0.39, 0.29) is 18.8 Å². The van der Waals surface area contributed by atoms with E-state index in [1.165, 1.54) is 49.5 Å². The van der Waals surface area contributed by atoms with Crippen LogP contribution in [0.15, 0.2) is 443 Å². The average molecular weight is 1590 g/mol. The summed E-state index contributed by atoms with van der Waals surface area (Å²) in [5, 5.41) is 0. The van der Waals surface area contributed by atoms with Crippen LogP contribution in [0.3, 0.4) is 0 Å². The van der Waals surface area contributed by atoms with E-state index in [0.717, 1.165) is 153 Å². The highest BCUT2D eigenvalue weighted by Gasteiger charge is 2.48. The van der Waals surface area contributed by atoms with Gasteiger partial charge in [-0.2, -0.15) is 0 Å². The van der Waals surface area contributed by atoms with Crippen molar-refractivity contribution in [2.45, 2.75) is 51.9 Å². The number of nitrogens with zero attached hydrogens (tertiary/aromatic N) is 6. The molecule has 22 rings (SSSR count). The van der Waals surface area contributed by atoms with Crippen molar-refractivity contribution >= 4 is 149 Å². The monoisotopic (exact) mass is 1590 g/mol. The summed E-state index contributed by atoms with van der Waals surface area (Å²) in [6, 6.07) is 165. The first-order chi connectivity index (χ1) is 61.0. The molecule has 0 aromatic heterocycles. The van der Waals surface area contributed by atoms with Crippen LogP contribution in [0.4, 0.5) is 102 Å². The number of hydrogen-bond donors (Lipinski definition) is 0. The van der Waals surface area contributed by atoms with Crippen LogP contribution >= 0.6 is 0 Å². The third kappa shape index (κ3) is 13.0. The number of fused-ring (bicyclic) bond motifs is 8. The molecule has 590 valence electrons. The smallest absolute Gasteiger partial charge is 0.252 e. The Labute approximate surface area is 729 Å². The van der Waals surface area contributed by atoms with E-state index >= 15 is 0 Å². The summed E-state index contributed by atoms with van der Waals surface area (Å²) in [6.45, 7) is 11.7. The third-order valence-corrected chi connectivity index (χ3v) is 25.8. The summed E-state index contributed by atoms with van der Waals surface area (Å²) >= 11 is 0. The molecule has 0 bridgehead atoms. The predicted molar refractivity (Wildman–Crippen MR) is 527 cm³/mol. The van der Waals surface area contributed by atoms with Gasteiger partial charge in [0, 0.05) is 102 Å². The van der Waals surface area contributed by atoms with Crippen LogP contribution in [0.1, 0.15) is 51.3 Å². The third-order valence-electron chi connectivity index (χ3n) is 25.8. The first-order valence-corrected chi connectivity index (χ1v) is 43.4. The van der Waals surface area contributed by atoms with Crippen LogP contribution in [0.25, 0.3) is 44.5 Å². The van der Waals surface area contributed by atoms with Crippen molar-refractivity contribution in [2.24, 2.45) is 0 Å². The Bertz CT molecular complexity index is 6900. The highest BCUT2D eigenvalue weighted by molar-refractivity contribution is 7.01. The average Bonchev–Trinajstić information content (AvgIpc) is 0.695. The first kappa shape index (κ1) is 75.1. The Balaban J connectivity index is 0.754. The molecule has 0 saturated heterocycles. The number of hydrogen-bond acceptors (Lipinski definition) is 6. The Morgan fingerprint density at radius 1 is 0.226 bits per heavy atom. The summed E-state index contributed by atoms with van der Waals surface area (Å²) in [5.74, 6) is 0. The van der Waals surface area contributed by atoms with Gasteiger partial charge in [0.05, 0.1) is 22.7 Å². The van der Waals surface area contributed by atoms with Gasteiger partial charge in [-0.3, -0.25) is 0 Å². The lowest BCUT2D eigenvalue weighted by Gasteiger charge is -2.46.